The minimum atomic E-state index is -0.833. The van der Waals surface area contributed by atoms with E-state index in [1.165, 1.54) is 19.4 Å². The Morgan fingerprint density at radius 3 is 2.30 bits per heavy atom. The van der Waals surface area contributed by atoms with Gasteiger partial charge in [0.1, 0.15) is 17.2 Å². The van der Waals surface area contributed by atoms with E-state index in [0.29, 0.717) is 55.3 Å². The van der Waals surface area contributed by atoms with Crippen molar-refractivity contribution in [1.29, 1.82) is 0 Å². The first kappa shape index (κ1) is 37.4. The molecule has 11 nitrogen and oxygen atoms in total. The number of carbonyl (C=O) groups excluding carboxylic acids is 2. The number of benzene rings is 1. The topological polar surface area (TPSA) is 109 Å². The number of hydrogen-bond acceptors (Lipinski definition) is 8. The van der Waals surface area contributed by atoms with Crippen LogP contribution in [0.15, 0.2) is 24.4 Å². The van der Waals surface area contributed by atoms with Crippen LogP contribution in [-0.2, 0) is 18.8 Å². The fourth-order valence-corrected chi connectivity index (χ4v) is 6.49. The summed E-state index contributed by atoms with van der Waals surface area (Å²) < 4.78 is 52.0. The Balaban J connectivity index is 0.000000240. The predicted octanol–water partition coefficient (Wildman–Crippen LogP) is 5.88. The molecule has 0 spiro atoms. The van der Waals surface area contributed by atoms with Gasteiger partial charge in [-0.05, 0) is 86.3 Å². The lowest BCUT2D eigenvalue weighted by Crippen LogP contribution is -2.46. The molecule has 3 aliphatic rings. The maximum atomic E-state index is 15.8. The van der Waals surface area contributed by atoms with Gasteiger partial charge in [0.05, 0.1) is 36.1 Å². The SMILES string of the molecule is COc1cc(F)cnc1N1CCN(C=O)CC1.Cc1cc2c(C3CCCCN3C(=O)OC(C)(C)C)cc(B3OC(C)(C)C(C)(C)O3)c(F)c2[nH]1. The lowest BCUT2D eigenvalue weighted by atomic mass is 9.76. The van der Waals surface area contributed by atoms with Crippen molar-refractivity contribution in [2.45, 2.75) is 97.5 Å². The predicted molar refractivity (Wildman–Crippen MR) is 189 cm³/mol. The Labute approximate surface area is 293 Å². The maximum Gasteiger partial charge on any atom is 0.497 e. The molecule has 1 N–H and O–H groups in total. The third-order valence-electron chi connectivity index (χ3n) is 9.83. The molecule has 272 valence electrons. The molecule has 3 fully saturated rings. The lowest BCUT2D eigenvalue weighted by molar-refractivity contribution is -0.118. The molecule has 0 radical (unpaired) electrons. The van der Waals surface area contributed by atoms with Crippen LogP contribution in [0.3, 0.4) is 0 Å². The highest BCUT2D eigenvalue weighted by atomic mass is 19.1. The van der Waals surface area contributed by atoms with Crippen LogP contribution in [0.25, 0.3) is 10.9 Å². The number of halogens is 2. The van der Waals surface area contributed by atoms with Crippen LogP contribution in [0.5, 0.6) is 5.75 Å². The maximum absolute atomic E-state index is 15.8. The number of likely N-dealkylation sites (tertiary alicyclic amines) is 1. The Morgan fingerprint density at radius 1 is 1.04 bits per heavy atom. The van der Waals surface area contributed by atoms with Gasteiger partial charge in [-0.2, -0.15) is 0 Å². The molecule has 0 aliphatic carbocycles. The van der Waals surface area contributed by atoms with Crippen LogP contribution < -0.4 is 15.1 Å². The molecule has 6 rings (SSSR count). The zero-order valence-corrected chi connectivity index (χ0v) is 30.7. The number of pyridine rings is 1. The summed E-state index contributed by atoms with van der Waals surface area (Å²) in [5.41, 5.74) is 0.769. The monoisotopic (exact) mass is 697 g/mol. The minimum absolute atomic E-state index is 0.215. The zero-order chi connectivity index (χ0) is 36.6. The Morgan fingerprint density at radius 2 is 1.70 bits per heavy atom. The second-order valence-corrected chi connectivity index (χ2v) is 15.2. The number of ether oxygens (including phenoxy) is 2. The Bertz CT molecular complexity index is 1690. The van der Waals surface area contributed by atoms with Gasteiger partial charge < -0.3 is 38.5 Å². The molecule has 0 bridgehead atoms. The summed E-state index contributed by atoms with van der Waals surface area (Å²) in [6.07, 6.45) is 4.35. The van der Waals surface area contributed by atoms with Crippen molar-refractivity contribution in [3.63, 3.8) is 0 Å². The number of H-pyrrole nitrogens is 1. The van der Waals surface area contributed by atoms with Crippen LogP contribution in [0.1, 0.15) is 85.0 Å². The van der Waals surface area contributed by atoms with Crippen molar-refractivity contribution >= 4 is 41.8 Å². The van der Waals surface area contributed by atoms with Crippen molar-refractivity contribution < 1.29 is 37.2 Å². The van der Waals surface area contributed by atoms with Crippen molar-refractivity contribution in [2.75, 3.05) is 44.7 Å². The summed E-state index contributed by atoms with van der Waals surface area (Å²) in [4.78, 5) is 36.4. The highest BCUT2D eigenvalue weighted by molar-refractivity contribution is 6.62. The fourth-order valence-electron chi connectivity index (χ4n) is 6.49. The molecule has 1 unspecified atom stereocenters. The van der Waals surface area contributed by atoms with E-state index < -0.39 is 29.7 Å². The van der Waals surface area contributed by atoms with Crippen LogP contribution in [0.2, 0.25) is 0 Å². The minimum Gasteiger partial charge on any atom is -0.493 e. The van der Waals surface area contributed by atoms with E-state index in [1.807, 2.05) is 72.4 Å². The van der Waals surface area contributed by atoms with Gasteiger partial charge in [0, 0.05) is 55.3 Å². The van der Waals surface area contributed by atoms with E-state index in [2.05, 4.69) is 9.97 Å². The standard InChI is InChI=1S/C25H36BFN2O4.C11H14FN3O2/c1-15-13-17-16(19-11-9-10-12-29(19)22(30)31-23(2,3)4)14-18(20(27)21(17)28-15)26-32-24(5,6)25(7,8)33-26;1-17-10-6-9(12)7-13-11(10)15-4-2-14(8-16)3-5-15/h13-14,19,28H,9-12H2,1-8H3;6-8H,2-5H2,1H3. The van der Waals surface area contributed by atoms with Gasteiger partial charge in [-0.25, -0.2) is 18.6 Å². The molecule has 14 heteroatoms. The molecule has 5 heterocycles. The van der Waals surface area contributed by atoms with E-state index in [0.717, 1.165) is 42.3 Å². The summed E-state index contributed by atoms with van der Waals surface area (Å²) in [5, 5.41) is 0.783. The average Bonchev–Trinajstić information content (AvgIpc) is 3.55. The zero-order valence-electron chi connectivity index (χ0n) is 30.7. The van der Waals surface area contributed by atoms with Gasteiger partial charge in [-0.15, -0.1) is 0 Å². The van der Waals surface area contributed by atoms with Crippen molar-refractivity contribution in [3.05, 3.63) is 47.3 Å². The average molecular weight is 698 g/mol. The van der Waals surface area contributed by atoms with Crippen molar-refractivity contribution in [3.8, 4) is 5.75 Å². The van der Waals surface area contributed by atoms with E-state index >= 15 is 4.39 Å². The largest absolute Gasteiger partial charge is 0.497 e. The quantitative estimate of drug-likeness (QED) is 0.260. The van der Waals surface area contributed by atoms with Crippen LogP contribution in [-0.4, -0.2) is 96.0 Å². The van der Waals surface area contributed by atoms with Crippen molar-refractivity contribution in [1.82, 2.24) is 19.8 Å². The first-order valence-corrected chi connectivity index (χ1v) is 17.3. The summed E-state index contributed by atoms with van der Waals surface area (Å²) >= 11 is 0. The van der Waals surface area contributed by atoms with Crippen molar-refractivity contribution in [2.24, 2.45) is 0 Å². The summed E-state index contributed by atoms with van der Waals surface area (Å²) in [7, 11) is 0.655. The van der Waals surface area contributed by atoms with E-state index in [4.69, 9.17) is 18.8 Å². The third-order valence-corrected chi connectivity index (χ3v) is 9.83. The number of nitrogens with one attached hydrogen (secondary N) is 1. The second kappa shape index (κ2) is 14.4. The molecular formula is C36H50BF2N5O6. The number of anilines is 1. The Hall–Kier alpha value is -3.91. The van der Waals surface area contributed by atoms with Gasteiger partial charge in [-0.3, -0.25) is 4.79 Å². The number of methoxy groups -OCH3 is 1. The molecular weight excluding hydrogens is 647 g/mol. The van der Waals surface area contributed by atoms with E-state index in [1.54, 1.807) is 9.80 Å². The number of hydrogen-bond donors (Lipinski definition) is 1. The number of nitrogens with zero attached hydrogens (tertiary/aromatic N) is 4. The highest BCUT2D eigenvalue weighted by Gasteiger charge is 2.53. The molecule has 1 atom stereocenters. The van der Waals surface area contributed by atoms with E-state index in [-0.39, 0.29) is 18.0 Å². The number of aryl methyl sites for hydroxylation is 1. The normalized spacial score (nSPS) is 20.4. The number of piperidine rings is 1. The number of piperazine rings is 1. The molecule has 2 amide bonds. The summed E-state index contributed by atoms with van der Waals surface area (Å²) in [6.45, 7) is 18.6. The molecule has 2 aromatic heterocycles. The molecule has 3 saturated heterocycles. The van der Waals surface area contributed by atoms with E-state index in [9.17, 15) is 14.0 Å². The number of aromatic nitrogens is 2. The van der Waals surface area contributed by atoms with Crippen LogP contribution in [0, 0.1) is 18.6 Å². The molecule has 0 saturated carbocycles. The molecule has 1 aromatic carbocycles. The molecule has 3 aromatic rings. The Kier molecular flexibility index (Phi) is 10.7. The molecule has 3 aliphatic heterocycles. The van der Waals surface area contributed by atoms with Gasteiger partial charge in [0.15, 0.2) is 11.6 Å². The molecule has 50 heavy (non-hydrogen) atoms. The number of aromatic amines is 1. The van der Waals surface area contributed by atoms with Gasteiger partial charge >= 0.3 is 13.2 Å². The second-order valence-electron chi connectivity index (χ2n) is 15.2. The van der Waals surface area contributed by atoms with Gasteiger partial charge in [-0.1, -0.05) is 6.07 Å². The van der Waals surface area contributed by atoms with Gasteiger partial charge in [0.25, 0.3) is 0 Å². The van der Waals surface area contributed by atoms with Crippen LogP contribution in [0.4, 0.5) is 19.4 Å². The number of rotatable bonds is 5. The van der Waals surface area contributed by atoms with Crippen LogP contribution >= 0.6 is 0 Å². The highest BCUT2D eigenvalue weighted by Crippen LogP contribution is 2.40. The third kappa shape index (κ3) is 7.86. The van der Waals surface area contributed by atoms with Gasteiger partial charge in [0.2, 0.25) is 6.41 Å². The fraction of sp³-hybridized carbons (Fsp3) is 0.583. The number of carbonyl (C=O) groups is 2. The first-order valence-electron chi connectivity index (χ1n) is 17.3. The first-order chi connectivity index (χ1) is 23.4. The smallest absolute Gasteiger partial charge is 0.493 e. The number of amides is 2. The summed E-state index contributed by atoms with van der Waals surface area (Å²) in [5.74, 6) is 0.251. The summed E-state index contributed by atoms with van der Waals surface area (Å²) in [6, 6.07) is 4.88. The number of fused-ring (bicyclic) bond motifs is 1. The lowest BCUT2D eigenvalue weighted by Gasteiger charge is -2.37.